The number of nitrogens with zero attached hydrogens (tertiary/aromatic N) is 1. The first-order chi connectivity index (χ1) is 7.83. The van der Waals surface area contributed by atoms with Crippen LogP contribution in [0.3, 0.4) is 0 Å². The lowest BCUT2D eigenvalue weighted by Gasteiger charge is -2.14. The molecule has 16 heavy (non-hydrogen) atoms. The second-order valence-electron chi connectivity index (χ2n) is 4.25. The fourth-order valence-electron chi connectivity index (χ4n) is 1.74. The summed E-state index contributed by atoms with van der Waals surface area (Å²) in [6.45, 7) is 3.73. The van der Waals surface area contributed by atoms with Crippen molar-refractivity contribution >= 4 is 0 Å². The molecule has 90 valence electrons. The van der Waals surface area contributed by atoms with Crippen molar-refractivity contribution in [2.75, 3.05) is 13.1 Å². The normalized spacial score (nSPS) is 10.9. The van der Waals surface area contributed by atoms with Crippen LogP contribution in [0, 0.1) is 0 Å². The molecule has 0 aromatic heterocycles. The molecule has 1 aromatic rings. The quantitative estimate of drug-likeness (QED) is 0.536. The van der Waals surface area contributed by atoms with Crippen molar-refractivity contribution < 1.29 is 5.21 Å². The van der Waals surface area contributed by atoms with Crippen LogP contribution in [-0.4, -0.2) is 23.4 Å². The second kappa shape index (κ2) is 8.31. The topological polar surface area (TPSA) is 23.5 Å². The van der Waals surface area contributed by atoms with Gasteiger partial charge in [0.05, 0.1) is 0 Å². The maximum Gasteiger partial charge on any atom is 0.0278 e. The van der Waals surface area contributed by atoms with Crippen molar-refractivity contribution in [3.8, 4) is 0 Å². The first kappa shape index (κ1) is 13.2. The van der Waals surface area contributed by atoms with E-state index < -0.39 is 0 Å². The number of benzene rings is 1. The van der Waals surface area contributed by atoms with E-state index in [-0.39, 0.29) is 0 Å². The zero-order valence-corrected chi connectivity index (χ0v) is 10.2. The average Bonchev–Trinajstić information content (AvgIpc) is 2.33. The van der Waals surface area contributed by atoms with Gasteiger partial charge in [0.25, 0.3) is 0 Å². The summed E-state index contributed by atoms with van der Waals surface area (Å²) in [5, 5.41) is 11.1. The predicted octanol–water partition coefficient (Wildman–Crippen LogP) is 3.50. The van der Waals surface area contributed by atoms with Gasteiger partial charge < -0.3 is 5.21 Å². The maximum atomic E-state index is 9.64. The third-order valence-electron chi connectivity index (χ3n) is 2.77. The average molecular weight is 221 g/mol. The molecular weight excluding hydrogens is 198 g/mol. The molecule has 1 N–H and O–H groups in total. The van der Waals surface area contributed by atoms with Gasteiger partial charge in [0.15, 0.2) is 0 Å². The minimum Gasteiger partial charge on any atom is -0.314 e. The van der Waals surface area contributed by atoms with Crippen molar-refractivity contribution in [1.29, 1.82) is 0 Å². The summed E-state index contributed by atoms with van der Waals surface area (Å²) in [7, 11) is 0. The summed E-state index contributed by atoms with van der Waals surface area (Å²) in [5.41, 5.74) is 1.29. The molecule has 0 bridgehead atoms. The van der Waals surface area contributed by atoms with Crippen LogP contribution in [0.2, 0.25) is 0 Å². The second-order valence-corrected chi connectivity index (χ2v) is 4.25. The van der Waals surface area contributed by atoms with Crippen LogP contribution in [0.25, 0.3) is 0 Å². The fourth-order valence-corrected chi connectivity index (χ4v) is 1.74. The van der Waals surface area contributed by atoms with Gasteiger partial charge in [-0.1, -0.05) is 56.5 Å². The molecule has 0 amide bonds. The summed E-state index contributed by atoms with van der Waals surface area (Å²) in [6, 6.07) is 10.3. The van der Waals surface area contributed by atoms with Crippen LogP contribution < -0.4 is 0 Å². The van der Waals surface area contributed by atoms with E-state index in [1.54, 1.807) is 0 Å². The van der Waals surface area contributed by atoms with E-state index in [2.05, 4.69) is 19.1 Å². The predicted molar refractivity (Wildman–Crippen MR) is 67.6 cm³/mol. The molecule has 0 saturated heterocycles. The van der Waals surface area contributed by atoms with Gasteiger partial charge in [0, 0.05) is 13.1 Å². The van der Waals surface area contributed by atoms with Crippen molar-refractivity contribution in [3.05, 3.63) is 35.9 Å². The molecule has 0 spiro atoms. The summed E-state index contributed by atoms with van der Waals surface area (Å²) >= 11 is 0. The highest BCUT2D eigenvalue weighted by Gasteiger charge is 2.00. The highest BCUT2D eigenvalue weighted by molar-refractivity contribution is 5.14. The van der Waals surface area contributed by atoms with Gasteiger partial charge in [-0.2, -0.15) is 5.06 Å². The van der Waals surface area contributed by atoms with Crippen LogP contribution in [0.4, 0.5) is 0 Å². The SMILES string of the molecule is CCCCCCN(O)CCc1ccccc1. The zero-order chi connectivity index (χ0) is 11.6. The van der Waals surface area contributed by atoms with E-state index in [1.165, 1.54) is 29.9 Å². The minimum absolute atomic E-state index is 0.732. The Balaban J connectivity index is 2.08. The Morgan fingerprint density at radius 1 is 1.00 bits per heavy atom. The van der Waals surface area contributed by atoms with Crippen LogP contribution in [-0.2, 0) is 6.42 Å². The zero-order valence-electron chi connectivity index (χ0n) is 10.2. The van der Waals surface area contributed by atoms with E-state index in [0.29, 0.717) is 0 Å². The summed E-state index contributed by atoms with van der Waals surface area (Å²) in [4.78, 5) is 0. The Morgan fingerprint density at radius 3 is 2.44 bits per heavy atom. The van der Waals surface area contributed by atoms with E-state index in [4.69, 9.17) is 0 Å². The maximum absolute atomic E-state index is 9.64. The van der Waals surface area contributed by atoms with Crippen LogP contribution >= 0.6 is 0 Å². The van der Waals surface area contributed by atoms with E-state index in [0.717, 1.165) is 25.9 Å². The van der Waals surface area contributed by atoms with E-state index >= 15 is 0 Å². The Hall–Kier alpha value is -0.860. The van der Waals surface area contributed by atoms with Crippen molar-refractivity contribution in [1.82, 2.24) is 5.06 Å². The summed E-state index contributed by atoms with van der Waals surface area (Å²) < 4.78 is 0. The number of hydrogen-bond donors (Lipinski definition) is 1. The first-order valence-corrected chi connectivity index (χ1v) is 6.30. The molecule has 0 atom stereocenters. The fraction of sp³-hybridized carbons (Fsp3) is 0.571. The van der Waals surface area contributed by atoms with Gasteiger partial charge in [-0.05, 0) is 18.4 Å². The lowest BCUT2D eigenvalue weighted by atomic mass is 10.1. The molecule has 0 aliphatic carbocycles. The van der Waals surface area contributed by atoms with E-state index in [1.807, 2.05) is 18.2 Å². The molecule has 0 radical (unpaired) electrons. The number of hydroxylamine groups is 2. The van der Waals surface area contributed by atoms with Crippen molar-refractivity contribution in [3.63, 3.8) is 0 Å². The first-order valence-electron chi connectivity index (χ1n) is 6.30. The van der Waals surface area contributed by atoms with Crippen molar-refractivity contribution in [2.45, 2.75) is 39.0 Å². The molecule has 2 nitrogen and oxygen atoms in total. The molecule has 2 heteroatoms. The molecule has 0 aliphatic rings. The van der Waals surface area contributed by atoms with E-state index in [9.17, 15) is 5.21 Å². The van der Waals surface area contributed by atoms with Crippen LogP contribution in [0.5, 0.6) is 0 Å². The van der Waals surface area contributed by atoms with Gasteiger partial charge in [-0.3, -0.25) is 0 Å². The molecule has 0 heterocycles. The number of hydrogen-bond acceptors (Lipinski definition) is 2. The van der Waals surface area contributed by atoms with Gasteiger partial charge >= 0.3 is 0 Å². The molecule has 0 unspecified atom stereocenters. The third-order valence-corrected chi connectivity index (χ3v) is 2.77. The third kappa shape index (κ3) is 5.89. The van der Waals surface area contributed by atoms with Gasteiger partial charge in [-0.15, -0.1) is 0 Å². The van der Waals surface area contributed by atoms with Gasteiger partial charge in [0.2, 0.25) is 0 Å². The number of rotatable bonds is 8. The van der Waals surface area contributed by atoms with Gasteiger partial charge in [-0.25, -0.2) is 0 Å². The highest BCUT2D eigenvalue weighted by Crippen LogP contribution is 2.03. The monoisotopic (exact) mass is 221 g/mol. The van der Waals surface area contributed by atoms with Gasteiger partial charge in [0.1, 0.15) is 0 Å². The van der Waals surface area contributed by atoms with Crippen LogP contribution in [0.1, 0.15) is 38.2 Å². The molecule has 1 aromatic carbocycles. The largest absolute Gasteiger partial charge is 0.314 e. The van der Waals surface area contributed by atoms with Crippen molar-refractivity contribution in [2.24, 2.45) is 0 Å². The minimum atomic E-state index is 0.732. The lowest BCUT2D eigenvalue weighted by molar-refractivity contribution is -0.0905. The standard InChI is InChI=1S/C14H23NO/c1-2-3-4-8-12-15(16)13-11-14-9-6-5-7-10-14/h5-7,9-10,16H,2-4,8,11-13H2,1H3. The molecule has 0 saturated carbocycles. The summed E-state index contributed by atoms with van der Waals surface area (Å²) in [5.74, 6) is 0. The smallest absolute Gasteiger partial charge is 0.0278 e. The number of unbranched alkanes of at least 4 members (excludes halogenated alkanes) is 3. The molecule has 1 rings (SSSR count). The Kier molecular flexibility index (Phi) is 6.86. The molecule has 0 fully saturated rings. The van der Waals surface area contributed by atoms with Crippen LogP contribution in [0.15, 0.2) is 30.3 Å². The Bertz CT molecular complexity index is 261. The Labute approximate surface area is 98.9 Å². The lowest BCUT2D eigenvalue weighted by Crippen LogP contribution is -2.23. The highest BCUT2D eigenvalue weighted by atomic mass is 16.5. The molecule has 0 aliphatic heterocycles. The Morgan fingerprint density at radius 2 is 1.75 bits per heavy atom. The molecular formula is C14H23NO. The summed E-state index contributed by atoms with van der Waals surface area (Å²) in [6.07, 6.45) is 5.76.